The van der Waals surface area contributed by atoms with Gasteiger partial charge in [-0.2, -0.15) is 0 Å². The first-order valence-electron chi connectivity index (χ1n) is 10.8. The highest BCUT2D eigenvalue weighted by atomic mass is 16.5. The summed E-state index contributed by atoms with van der Waals surface area (Å²) < 4.78 is 8.95. The van der Waals surface area contributed by atoms with Crippen molar-refractivity contribution in [3.63, 3.8) is 0 Å². The molecule has 0 saturated heterocycles. The number of benzene rings is 2. The van der Waals surface area contributed by atoms with Crippen LogP contribution in [0.15, 0.2) is 36.4 Å². The lowest BCUT2D eigenvalue weighted by atomic mass is 9.83. The van der Waals surface area contributed by atoms with Crippen molar-refractivity contribution in [2.24, 2.45) is 0 Å². The predicted octanol–water partition coefficient (Wildman–Crippen LogP) is -0.136. The van der Waals surface area contributed by atoms with Crippen LogP contribution in [0.3, 0.4) is 0 Å². The third-order valence-electron chi connectivity index (χ3n) is 5.15. The summed E-state index contributed by atoms with van der Waals surface area (Å²) in [6.45, 7) is -0.616. The number of carbonyl (C=O) groups is 6. The molecular weight excluding hydrogens is 472 g/mol. The molecule has 2 aromatic carbocycles. The average Bonchev–Trinajstić information content (AvgIpc) is 2.86. The number of nitrogens with one attached hydrogen (secondary N) is 4. The Kier molecular flexibility index (Phi) is 8.60. The maximum atomic E-state index is 13.2. The second-order valence-electron chi connectivity index (χ2n) is 7.63. The molecule has 12 heteroatoms. The van der Waals surface area contributed by atoms with Crippen LogP contribution in [0.2, 0.25) is 0 Å². The first-order chi connectivity index (χ1) is 17.2. The number of anilines is 2. The van der Waals surface area contributed by atoms with Gasteiger partial charge in [-0.05, 0) is 36.4 Å². The fourth-order valence-corrected chi connectivity index (χ4v) is 3.42. The van der Waals surface area contributed by atoms with Crippen molar-refractivity contribution in [3.05, 3.63) is 58.7 Å². The van der Waals surface area contributed by atoms with Gasteiger partial charge in [0, 0.05) is 33.6 Å². The minimum atomic E-state index is -0.521. The lowest BCUT2D eigenvalue weighted by Crippen LogP contribution is -2.32. The number of carbonyl (C=O) groups excluding carboxylic acids is 6. The van der Waals surface area contributed by atoms with Gasteiger partial charge in [-0.1, -0.05) is 0 Å². The molecule has 1 aliphatic carbocycles. The number of hydrogen-bond acceptors (Lipinski definition) is 10. The van der Waals surface area contributed by atoms with Gasteiger partial charge in [-0.25, -0.2) is 0 Å². The number of esters is 2. The van der Waals surface area contributed by atoms with E-state index in [1.165, 1.54) is 50.6 Å². The summed E-state index contributed by atoms with van der Waals surface area (Å²) in [6, 6.07) is 8.72. The van der Waals surface area contributed by atoms with Crippen molar-refractivity contribution in [1.82, 2.24) is 10.6 Å². The number of amides is 2. The Morgan fingerprint density at radius 3 is 1.39 bits per heavy atom. The van der Waals surface area contributed by atoms with Crippen molar-refractivity contribution >= 4 is 46.7 Å². The molecule has 36 heavy (non-hydrogen) atoms. The summed E-state index contributed by atoms with van der Waals surface area (Å²) in [6.07, 6.45) is 0. The lowest BCUT2D eigenvalue weighted by molar-refractivity contribution is -0.140. The van der Waals surface area contributed by atoms with Gasteiger partial charge in [-0.3, -0.25) is 39.4 Å². The molecule has 0 aromatic heterocycles. The van der Waals surface area contributed by atoms with Crippen LogP contribution >= 0.6 is 0 Å². The van der Waals surface area contributed by atoms with E-state index < -0.39 is 29.5 Å². The Morgan fingerprint density at radius 2 is 1.00 bits per heavy atom. The zero-order valence-electron chi connectivity index (χ0n) is 19.6. The summed E-state index contributed by atoms with van der Waals surface area (Å²) in [7, 11) is 2.46. The molecule has 0 heterocycles. The molecule has 2 amide bonds. The highest BCUT2D eigenvalue weighted by Crippen LogP contribution is 2.31. The normalized spacial score (nSPS) is 11.7. The molecule has 3 rings (SSSR count). The van der Waals surface area contributed by atoms with E-state index in [1.807, 2.05) is 0 Å². The summed E-state index contributed by atoms with van der Waals surface area (Å²) in [5, 5.41) is 10.4. The second-order valence-corrected chi connectivity index (χ2v) is 7.63. The number of rotatable bonds is 10. The first kappa shape index (κ1) is 26.2. The van der Waals surface area contributed by atoms with Crippen molar-refractivity contribution < 1.29 is 38.2 Å². The average molecular weight is 496 g/mol. The van der Waals surface area contributed by atoms with E-state index in [2.05, 4.69) is 30.7 Å². The Hall–Kier alpha value is -4.42. The van der Waals surface area contributed by atoms with Crippen LogP contribution in [-0.2, 0) is 28.7 Å². The van der Waals surface area contributed by atoms with Gasteiger partial charge >= 0.3 is 11.9 Å². The smallest absolute Gasteiger partial charge is 0.319 e. The summed E-state index contributed by atoms with van der Waals surface area (Å²) >= 11 is 0. The summed E-state index contributed by atoms with van der Waals surface area (Å²) in [5.41, 5.74) is 1.19. The highest BCUT2D eigenvalue weighted by molar-refractivity contribution is 6.29. The van der Waals surface area contributed by atoms with E-state index in [1.54, 1.807) is 0 Å². The fraction of sp³-hybridized carbons (Fsp3) is 0.250. The zero-order chi connectivity index (χ0) is 26.2. The maximum Gasteiger partial charge on any atom is 0.319 e. The van der Waals surface area contributed by atoms with Gasteiger partial charge in [-0.15, -0.1) is 0 Å². The molecule has 0 aliphatic heterocycles. The van der Waals surface area contributed by atoms with Gasteiger partial charge in [0.05, 0.1) is 40.4 Å². The fourth-order valence-electron chi connectivity index (χ4n) is 3.42. The molecule has 188 valence electrons. The summed E-state index contributed by atoms with van der Waals surface area (Å²) in [4.78, 5) is 72.6. The molecule has 2 aromatic rings. The number of fused-ring (bicyclic) bond motifs is 2. The summed E-state index contributed by atoms with van der Waals surface area (Å²) in [5.74, 6) is -2.77. The number of ketones is 2. The van der Waals surface area contributed by atoms with Gasteiger partial charge in [0.1, 0.15) is 0 Å². The minimum Gasteiger partial charge on any atom is -0.468 e. The van der Waals surface area contributed by atoms with Crippen molar-refractivity contribution in [2.45, 2.75) is 0 Å². The number of ether oxygens (including phenoxy) is 2. The molecule has 1 aliphatic rings. The van der Waals surface area contributed by atoms with E-state index in [0.717, 1.165) is 0 Å². The lowest BCUT2D eigenvalue weighted by Gasteiger charge is -2.19. The predicted molar refractivity (Wildman–Crippen MR) is 127 cm³/mol. The largest absolute Gasteiger partial charge is 0.468 e. The highest BCUT2D eigenvalue weighted by Gasteiger charge is 2.30. The Labute approximate surface area is 205 Å². The van der Waals surface area contributed by atoms with E-state index in [9.17, 15) is 28.8 Å². The van der Waals surface area contributed by atoms with Crippen molar-refractivity contribution in [3.8, 4) is 0 Å². The Bertz CT molecular complexity index is 1150. The topological polar surface area (TPSA) is 169 Å². The van der Waals surface area contributed by atoms with Gasteiger partial charge < -0.3 is 20.1 Å². The maximum absolute atomic E-state index is 13.2. The van der Waals surface area contributed by atoms with Gasteiger partial charge in [0.15, 0.2) is 11.6 Å². The molecular formula is C24H24N4O8. The van der Waals surface area contributed by atoms with Crippen LogP contribution in [0, 0.1) is 0 Å². The molecule has 0 atom stereocenters. The van der Waals surface area contributed by atoms with Crippen LogP contribution < -0.4 is 21.3 Å². The molecule has 4 N–H and O–H groups in total. The third-order valence-corrected chi connectivity index (χ3v) is 5.15. The molecule has 0 bridgehead atoms. The molecule has 0 saturated carbocycles. The number of methoxy groups -OCH3 is 2. The molecule has 0 fully saturated rings. The molecule has 12 nitrogen and oxygen atoms in total. The van der Waals surface area contributed by atoms with E-state index in [0.29, 0.717) is 11.4 Å². The first-order valence-corrected chi connectivity index (χ1v) is 10.8. The van der Waals surface area contributed by atoms with E-state index in [4.69, 9.17) is 0 Å². The van der Waals surface area contributed by atoms with Crippen LogP contribution in [0.5, 0.6) is 0 Å². The van der Waals surface area contributed by atoms with Crippen LogP contribution in [0.25, 0.3) is 0 Å². The van der Waals surface area contributed by atoms with Gasteiger partial charge in [0.2, 0.25) is 11.8 Å². The van der Waals surface area contributed by atoms with Crippen LogP contribution in [0.4, 0.5) is 11.4 Å². The van der Waals surface area contributed by atoms with E-state index >= 15 is 0 Å². The third kappa shape index (κ3) is 6.37. The second kappa shape index (κ2) is 11.8. The van der Waals surface area contributed by atoms with E-state index in [-0.39, 0.29) is 54.2 Å². The Balaban J connectivity index is 1.70. The minimum absolute atomic E-state index is 0.107. The van der Waals surface area contributed by atoms with Crippen LogP contribution in [-0.4, -0.2) is 75.7 Å². The molecule has 0 radical (unpaired) electrons. The zero-order valence-corrected chi connectivity index (χ0v) is 19.6. The molecule has 0 unspecified atom stereocenters. The SMILES string of the molecule is COC(=O)CNCC(=O)Nc1ccc2c(c1)C(=O)c1cc(NC(=O)CNCC(=O)OC)ccc1C2=O. The van der Waals surface area contributed by atoms with Crippen LogP contribution in [0.1, 0.15) is 31.8 Å². The quantitative estimate of drug-likeness (QED) is 0.277. The van der Waals surface area contributed by atoms with Crippen molar-refractivity contribution in [2.75, 3.05) is 51.0 Å². The van der Waals surface area contributed by atoms with Crippen molar-refractivity contribution in [1.29, 1.82) is 0 Å². The number of hydrogen-bond donors (Lipinski definition) is 4. The monoisotopic (exact) mass is 496 g/mol. The van der Waals surface area contributed by atoms with Gasteiger partial charge in [0.25, 0.3) is 0 Å². The Morgan fingerprint density at radius 1 is 0.611 bits per heavy atom. The standard InChI is InChI=1S/C24H24N4O8/c1-35-21(31)11-25-9-19(29)27-13-3-5-15-17(7-13)24(34)18-8-14(4-6-16(18)23(15)33)28-20(30)10-26-12-22(32)36-2/h3-8,25-26H,9-12H2,1-2H3,(H,27,29)(H,28,30). The molecule has 0 spiro atoms.